The van der Waals surface area contributed by atoms with Crippen molar-refractivity contribution in [1.82, 2.24) is 0 Å². The zero-order valence-corrected chi connectivity index (χ0v) is 17.9. The first-order valence-corrected chi connectivity index (χ1v) is 11.2. The zero-order chi connectivity index (χ0) is 20.2. The lowest BCUT2D eigenvalue weighted by molar-refractivity contribution is -0.139. The first-order valence-electron chi connectivity index (χ1n) is 11.2. The van der Waals surface area contributed by atoms with Gasteiger partial charge < -0.3 is 9.47 Å². The maximum atomic E-state index is 11.3. The van der Waals surface area contributed by atoms with Crippen molar-refractivity contribution in [2.45, 2.75) is 84.0 Å². The SMILES string of the molecule is C=C(C)C(=O)OCCCCCCOc1ccc(C2CCC(CCC)CC2)cc1. The Morgan fingerprint density at radius 2 is 1.64 bits per heavy atom. The van der Waals surface area contributed by atoms with Crippen LogP contribution in [0, 0.1) is 5.92 Å². The fourth-order valence-electron chi connectivity index (χ4n) is 4.06. The van der Waals surface area contributed by atoms with Gasteiger partial charge in [-0.15, -0.1) is 0 Å². The Bertz CT molecular complexity index is 582. The standard InChI is InChI=1S/C25H38O3/c1-4-9-21-10-12-22(13-11-21)23-14-16-24(17-15-23)27-18-7-5-6-8-19-28-25(26)20(2)3/h14-17,21-22H,2,4-13,18-19H2,1,3H3. The zero-order valence-electron chi connectivity index (χ0n) is 17.9. The van der Waals surface area contributed by atoms with E-state index in [0.29, 0.717) is 12.2 Å². The summed E-state index contributed by atoms with van der Waals surface area (Å²) < 4.78 is 11.0. The second-order valence-electron chi connectivity index (χ2n) is 8.25. The second-order valence-corrected chi connectivity index (χ2v) is 8.25. The minimum atomic E-state index is -0.291. The highest BCUT2D eigenvalue weighted by Gasteiger charge is 2.21. The Morgan fingerprint density at radius 3 is 2.25 bits per heavy atom. The van der Waals surface area contributed by atoms with Crippen molar-refractivity contribution in [1.29, 1.82) is 0 Å². The van der Waals surface area contributed by atoms with Crippen molar-refractivity contribution in [2.24, 2.45) is 5.92 Å². The molecule has 0 heterocycles. The minimum Gasteiger partial charge on any atom is -0.494 e. The van der Waals surface area contributed by atoms with Crippen molar-refractivity contribution in [3.8, 4) is 5.75 Å². The molecule has 1 aromatic carbocycles. The molecule has 0 radical (unpaired) electrons. The average Bonchev–Trinajstić information content (AvgIpc) is 2.71. The Morgan fingerprint density at radius 1 is 1.00 bits per heavy atom. The molecule has 1 aromatic rings. The fraction of sp³-hybridized carbons (Fsp3) is 0.640. The Kier molecular flexibility index (Phi) is 10.2. The van der Waals surface area contributed by atoms with Crippen LogP contribution in [0.2, 0.25) is 0 Å². The lowest BCUT2D eigenvalue weighted by Crippen LogP contribution is -2.13. The van der Waals surface area contributed by atoms with E-state index in [4.69, 9.17) is 9.47 Å². The highest BCUT2D eigenvalue weighted by Crippen LogP contribution is 2.37. The molecule has 0 saturated heterocycles. The van der Waals surface area contributed by atoms with E-state index in [2.05, 4.69) is 37.8 Å². The first kappa shape index (κ1) is 22.5. The topological polar surface area (TPSA) is 35.5 Å². The van der Waals surface area contributed by atoms with Gasteiger partial charge in [-0.05, 0) is 87.8 Å². The second kappa shape index (κ2) is 12.6. The van der Waals surface area contributed by atoms with E-state index < -0.39 is 0 Å². The molecule has 3 heteroatoms. The summed E-state index contributed by atoms with van der Waals surface area (Å²) in [5.41, 5.74) is 1.94. The van der Waals surface area contributed by atoms with Crippen molar-refractivity contribution < 1.29 is 14.3 Å². The quantitative estimate of drug-likeness (QED) is 0.225. The van der Waals surface area contributed by atoms with Crippen LogP contribution >= 0.6 is 0 Å². The van der Waals surface area contributed by atoms with E-state index in [1.165, 1.54) is 44.1 Å². The van der Waals surface area contributed by atoms with E-state index in [1.807, 2.05) is 0 Å². The van der Waals surface area contributed by atoms with Crippen LogP contribution in [-0.4, -0.2) is 19.2 Å². The average molecular weight is 387 g/mol. The van der Waals surface area contributed by atoms with Crippen LogP contribution in [0.25, 0.3) is 0 Å². The number of ether oxygens (including phenoxy) is 2. The van der Waals surface area contributed by atoms with Crippen LogP contribution in [0.3, 0.4) is 0 Å². The van der Waals surface area contributed by atoms with Gasteiger partial charge in [0.1, 0.15) is 5.75 Å². The molecular weight excluding hydrogens is 348 g/mol. The summed E-state index contributed by atoms with van der Waals surface area (Å²) in [6, 6.07) is 8.78. The summed E-state index contributed by atoms with van der Waals surface area (Å²) in [4.78, 5) is 11.3. The van der Waals surface area contributed by atoms with Gasteiger partial charge in [0, 0.05) is 5.57 Å². The third kappa shape index (κ3) is 8.08. The van der Waals surface area contributed by atoms with Crippen LogP contribution in [-0.2, 0) is 9.53 Å². The molecule has 0 atom stereocenters. The van der Waals surface area contributed by atoms with E-state index >= 15 is 0 Å². The molecular formula is C25H38O3. The molecule has 0 amide bonds. The van der Waals surface area contributed by atoms with Crippen LogP contribution in [0.4, 0.5) is 0 Å². The van der Waals surface area contributed by atoms with Crippen LogP contribution in [0.15, 0.2) is 36.4 Å². The summed E-state index contributed by atoms with van der Waals surface area (Å²) in [7, 11) is 0. The van der Waals surface area contributed by atoms with Crippen molar-refractivity contribution >= 4 is 5.97 Å². The number of carbonyl (C=O) groups is 1. The minimum absolute atomic E-state index is 0.291. The first-order chi connectivity index (χ1) is 13.6. The highest BCUT2D eigenvalue weighted by molar-refractivity contribution is 5.86. The molecule has 0 aliphatic heterocycles. The summed E-state index contributed by atoms with van der Waals surface area (Å²) in [5, 5.41) is 0. The molecule has 0 N–H and O–H groups in total. The summed E-state index contributed by atoms with van der Waals surface area (Å²) in [5.74, 6) is 2.38. The summed E-state index contributed by atoms with van der Waals surface area (Å²) in [6.45, 7) is 8.77. The van der Waals surface area contributed by atoms with E-state index in [0.717, 1.165) is 49.9 Å². The largest absolute Gasteiger partial charge is 0.494 e. The molecule has 28 heavy (non-hydrogen) atoms. The molecule has 1 saturated carbocycles. The lowest BCUT2D eigenvalue weighted by atomic mass is 9.77. The smallest absolute Gasteiger partial charge is 0.333 e. The van der Waals surface area contributed by atoms with E-state index in [1.54, 1.807) is 6.92 Å². The van der Waals surface area contributed by atoms with Gasteiger partial charge >= 0.3 is 5.97 Å². The highest BCUT2D eigenvalue weighted by atomic mass is 16.5. The Balaban J connectivity index is 1.55. The number of rotatable bonds is 12. The van der Waals surface area contributed by atoms with Gasteiger partial charge in [-0.25, -0.2) is 4.79 Å². The molecule has 0 spiro atoms. The van der Waals surface area contributed by atoms with Crippen molar-refractivity contribution in [2.75, 3.05) is 13.2 Å². The maximum absolute atomic E-state index is 11.3. The predicted octanol–water partition coefficient (Wildman–Crippen LogP) is 6.82. The Hall–Kier alpha value is -1.77. The Labute approximate surface area is 171 Å². The lowest BCUT2D eigenvalue weighted by Gasteiger charge is -2.28. The molecule has 1 fully saturated rings. The molecule has 1 aliphatic rings. The van der Waals surface area contributed by atoms with Crippen molar-refractivity contribution in [3.63, 3.8) is 0 Å². The third-order valence-corrected chi connectivity index (χ3v) is 5.78. The molecule has 1 aliphatic carbocycles. The molecule has 156 valence electrons. The number of carbonyl (C=O) groups excluding carboxylic acids is 1. The van der Waals surface area contributed by atoms with Crippen molar-refractivity contribution in [3.05, 3.63) is 42.0 Å². The predicted molar refractivity (Wildman–Crippen MR) is 116 cm³/mol. The van der Waals surface area contributed by atoms with E-state index in [9.17, 15) is 4.79 Å². The maximum Gasteiger partial charge on any atom is 0.333 e. The number of benzene rings is 1. The van der Waals surface area contributed by atoms with Gasteiger partial charge in [-0.2, -0.15) is 0 Å². The molecule has 0 aromatic heterocycles. The van der Waals surface area contributed by atoms with E-state index in [-0.39, 0.29) is 5.97 Å². The van der Waals surface area contributed by atoms with Gasteiger partial charge in [-0.1, -0.05) is 38.5 Å². The molecule has 3 nitrogen and oxygen atoms in total. The van der Waals surface area contributed by atoms with Crippen LogP contribution in [0.5, 0.6) is 5.75 Å². The van der Waals surface area contributed by atoms with Gasteiger partial charge in [0.2, 0.25) is 0 Å². The number of esters is 1. The van der Waals surface area contributed by atoms with Gasteiger partial charge in [-0.3, -0.25) is 0 Å². The molecule has 2 rings (SSSR count). The number of hydrogen-bond donors (Lipinski definition) is 0. The van der Waals surface area contributed by atoms with Crippen LogP contribution in [0.1, 0.15) is 89.5 Å². The molecule has 0 unspecified atom stereocenters. The van der Waals surface area contributed by atoms with Gasteiger partial charge in [0.25, 0.3) is 0 Å². The van der Waals surface area contributed by atoms with Gasteiger partial charge in [0.05, 0.1) is 13.2 Å². The summed E-state index contributed by atoms with van der Waals surface area (Å²) in [6.07, 6.45) is 12.2. The summed E-state index contributed by atoms with van der Waals surface area (Å²) >= 11 is 0. The van der Waals surface area contributed by atoms with Gasteiger partial charge in [0.15, 0.2) is 0 Å². The third-order valence-electron chi connectivity index (χ3n) is 5.78. The monoisotopic (exact) mass is 386 g/mol. The number of hydrogen-bond acceptors (Lipinski definition) is 3. The normalized spacial score (nSPS) is 19.2. The molecule has 0 bridgehead atoms. The number of unbranched alkanes of at least 4 members (excludes halogenated alkanes) is 3. The fourth-order valence-corrected chi connectivity index (χ4v) is 4.06. The van der Waals surface area contributed by atoms with Crippen LogP contribution < -0.4 is 4.74 Å².